The Balaban J connectivity index is 1.81. The van der Waals surface area contributed by atoms with Gasteiger partial charge in [0.05, 0.1) is 13.1 Å². The average Bonchev–Trinajstić information content (AvgIpc) is 3.00. The Bertz CT molecular complexity index is 715. The van der Waals surface area contributed by atoms with Crippen LogP contribution in [0.15, 0.2) is 28.7 Å². The van der Waals surface area contributed by atoms with E-state index in [1.807, 2.05) is 24.3 Å². The van der Waals surface area contributed by atoms with Crippen molar-refractivity contribution in [3.05, 3.63) is 28.7 Å². The Morgan fingerprint density at radius 2 is 2.38 bits per heavy atom. The zero-order valence-corrected chi connectivity index (χ0v) is 13.7. The highest BCUT2D eigenvalue weighted by Crippen LogP contribution is 2.37. The first-order valence-electron chi connectivity index (χ1n) is 6.45. The van der Waals surface area contributed by atoms with Crippen LogP contribution in [0.2, 0.25) is 0 Å². The summed E-state index contributed by atoms with van der Waals surface area (Å²) in [6.45, 7) is 2.23. The summed E-state index contributed by atoms with van der Waals surface area (Å²) in [4.78, 5) is 24.5. The third-order valence-electron chi connectivity index (χ3n) is 3.21. The molecule has 0 radical (unpaired) electrons. The molecule has 2 amide bonds. The maximum Gasteiger partial charge on any atom is 0.415 e. The van der Waals surface area contributed by atoms with Gasteiger partial charge in [0.2, 0.25) is 5.91 Å². The number of carbonyl (C=O) groups is 2. The minimum Gasteiger partial charge on any atom is -0.442 e. The molecule has 1 aliphatic rings. The fourth-order valence-electron chi connectivity index (χ4n) is 2.21. The van der Waals surface area contributed by atoms with Gasteiger partial charge < -0.3 is 10.1 Å². The number of hydrogen-bond acceptors (Lipinski definition) is 4. The minimum atomic E-state index is -0.368. The van der Waals surface area contributed by atoms with E-state index < -0.39 is 0 Å². The largest absolute Gasteiger partial charge is 0.442 e. The Morgan fingerprint density at radius 3 is 3.10 bits per heavy atom. The molecule has 1 fully saturated rings. The van der Waals surface area contributed by atoms with Gasteiger partial charge >= 0.3 is 6.09 Å². The number of nitrogens with one attached hydrogen (secondary N) is 1. The van der Waals surface area contributed by atoms with Crippen molar-refractivity contribution in [3.8, 4) is 0 Å². The van der Waals surface area contributed by atoms with Crippen molar-refractivity contribution in [1.29, 1.82) is 0 Å². The van der Waals surface area contributed by atoms with Crippen LogP contribution in [-0.4, -0.2) is 31.2 Å². The normalized spacial score (nSPS) is 18.1. The van der Waals surface area contributed by atoms with E-state index in [-0.39, 0.29) is 18.1 Å². The van der Waals surface area contributed by atoms with Crippen LogP contribution in [0.3, 0.4) is 0 Å². The van der Waals surface area contributed by atoms with Gasteiger partial charge in [0.1, 0.15) is 11.1 Å². The number of anilines is 1. The lowest BCUT2D eigenvalue weighted by molar-refractivity contribution is -0.119. The first kappa shape index (κ1) is 14.3. The second-order valence-corrected chi connectivity index (χ2v) is 6.71. The molecule has 5 nitrogen and oxygen atoms in total. The Hall–Kier alpha value is -1.60. The number of amides is 2. The number of benzene rings is 1. The number of halogens is 1. The van der Waals surface area contributed by atoms with E-state index in [1.54, 1.807) is 16.2 Å². The van der Waals surface area contributed by atoms with Gasteiger partial charge in [-0.3, -0.25) is 9.69 Å². The van der Waals surface area contributed by atoms with Gasteiger partial charge in [-0.25, -0.2) is 4.79 Å². The molecule has 1 atom stereocenters. The first-order chi connectivity index (χ1) is 10.0. The van der Waals surface area contributed by atoms with Crippen LogP contribution in [-0.2, 0) is 9.53 Å². The smallest absolute Gasteiger partial charge is 0.415 e. The summed E-state index contributed by atoms with van der Waals surface area (Å²) in [6, 6.07) is 7.94. The molecule has 1 aromatic carbocycles. The van der Waals surface area contributed by atoms with Gasteiger partial charge in [-0.1, -0.05) is 22.0 Å². The summed E-state index contributed by atoms with van der Waals surface area (Å²) in [5, 5.41) is 4.60. The van der Waals surface area contributed by atoms with E-state index in [0.717, 1.165) is 19.6 Å². The molecule has 110 valence electrons. The Labute approximate surface area is 134 Å². The fraction of sp³-hybridized carbons (Fsp3) is 0.286. The van der Waals surface area contributed by atoms with E-state index in [9.17, 15) is 9.59 Å². The van der Waals surface area contributed by atoms with Crippen molar-refractivity contribution in [2.75, 3.05) is 18.0 Å². The van der Waals surface area contributed by atoms with E-state index in [2.05, 4.69) is 21.2 Å². The average molecular weight is 369 g/mol. The van der Waals surface area contributed by atoms with Crippen LogP contribution in [0.1, 0.15) is 6.92 Å². The monoisotopic (exact) mass is 368 g/mol. The quantitative estimate of drug-likeness (QED) is 0.905. The zero-order valence-electron chi connectivity index (χ0n) is 11.3. The number of carbonyl (C=O) groups excluding carboxylic acids is 2. The fourth-order valence-corrected chi connectivity index (χ4v) is 3.91. The molecule has 1 aromatic heterocycles. The molecule has 3 rings (SSSR count). The van der Waals surface area contributed by atoms with Crippen molar-refractivity contribution in [2.24, 2.45) is 0 Å². The van der Waals surface area contributed by atoms with Crippen molar-refractivity contribution < 1.29 is 14.3 Å². The molecular formula is C14H13BrN2O3S. The van der Waals surface area contributed by atoms with Crippen LogP contribution >= 0.6 is 27.3 Å². The van der Waals surface area contributed by atoms with Crippen molar-refractivity contribution in [1.82, 2.24) is 5.32 Å². The maximum absolute atomic E-state index is 12.0. The highest BCUT2D eigenvalue weighted by atomic mass is 79.9. The second-order valence-electron chi connectivity index (χ2n) is 4.79. The third-order valence-corrected chi connectivity index (χ3v) is 5.03. The summed E-state index contributed by atoms with van der Waals surface area (Å²) >= 11 is 5.06. The van der Waals surface area contributed by atoms with Gasteiger partial charge in [-0.15, -0.1) is 11.3 Å². The molecule has 1 saturated heterocycles. The van der Waals surface area contributed by atoms with Gasteiger partial charge in [-0.2, -0.15) is 0 Å². The highest BCUT2D eigenvalue weighted by molar-refractivity contribution is 9.10. The lowest BCUT2D eigenvalue weighted by atomic mass is 10.2. The maximum atomic E-state index is 12.0. The molecular weight excluding hydrogens is 356 g/mol. The van der Waals surface area contributed by atoms with E-state index >= 15 is 0 Å². The van der Waals surface area contributed by atoms with Crippen LogP contribution in [0.5, 0.6) is 0 Å². The molecule has 0 saturated carbocycles. The lowest BCUT2D eigenvalue weighted by Crippen LogP contribution is -2.33. The molecule has 1 N–H and O–H groups in total. The number of rotatable bonds is 3. The number of fused-ring (bicyclic) bond motifs is 1. The third kappa shape index (κ3) is 2.89. The van der Waals surface area contributed by atoms with E-state index in [4.69, 9.17) is 4.74 Å². The number of hydrogen-bond donors (Lipinski definition) is 1. The summed E-state index contributed by atoms with van der Waals surface area (Å²) in [5.74, 6) is -0.129. The SMILES string of the molecule is CC(=O)NC[C@H]1CN(c2cc3c(Br)cccc3s2)C(=O)O1. The summed E-state index contributed by atoms with van der Waals surface area (Å²) in [6.07, 6.45) is -0.678. The number of ether oxygens (including phenoxy) is 1. The molecule has 0 bridgehead atoms. The van der Waals surface area contributed by atoms with Gasteiger partial charge in [0.25, 0.3) is 0 Å². The van der Waals surface area contributed by atoms with E-state index in [1.165, 1.54) is 6.92 Å². The number of nitrogens with zero attached hydrogens (tertiary/aromatic N) is 1. The summed E-state index contributed by atoms with van der Waals surface area (Å²) in [5.41, 5.74) is 0. The molecule has 7 heteroatoms. The predicted molar refractivity (Wildman–Crippen MR) is 85.8 cm³/mol. The topological polar surface area (TPSA) is 58.6 Å². The number of cyclic esters (lactones) is 1. The molecule has 2 heterocycles. The second kappa shape index (κ2) is 5.65. The number of thiophene rings is 1. The highest BCUT2D eigenvalue weighted by Gasteiger charge is 2.33. The standard InChI is InChI=1S/C14H13BrN2O3S/c1-8(18)16-6-9-7-17(14(19)20-9)13-5-10-11(15)3-2-4-12(10)21-13/h2-5,9H,6-7H2,1H3,(H,16,18)/t9-/m0/s1. The van der Waals surface area contributed by atoms with Crippen molar-refractivity contribution in [3.63, 3.8) is 0 Å². The van der Waals surface area contributed by atoms with Crippen molar-refractivity contribution in [2.45, 2.75) is 13.0 Å². The molecule has 0 aliphatic carbocycles. The van der Waals surface area contributed by atoms with Gasteiger partial charge in [0, 0.05) is 21.5 Å². The minimum absolute atomic E-state index is 0.129. The molecule has 0 spiro atoms. The molecule has 0 unspecified atom stereocenters. The van der Waals surface area contributed by atoms with Gasteiger partial charge in [-0.05, 0) is 18.2 Å². The Kier molecular flexibility index (Phi) is 3.86. The summed E-state index contributed by atoms with van der Waals surface area (Å²) in [7, 11) is 0. The summed E-state index contributed by atoms with van der Waals surface area (Å²) < 4.78 is 7.39. The molecule has 1 aliphatic heterocycles. The molecule has 21 heavy (non-hydrogen) atoms. The Morgan fingerprint density at radius 1 is 1.57 bits per heavy atom. The zero-order chi connectivity index (χ0) is 15.0. The van der Waals surface area contributed by atoms with Crippen LogP contribution in [0.25, 0.3) is 10.1 Å². The van der Waals surface area contributed by atoms with E-state index in [0.29, 0.717) is 13.1 Å². The first-order valence-corrected chi connectivity index (χ1v) is 8.06. The lowest BCUT2D eigenvalue weighted by Gasteiger charge is -2.09. The van der Waals surface area contributed by atoms with Crippen LogP contribution < -0.4 is 10.2 Å². The van der Waals surface area contributed by atoms with Crippen molar-refractivity contribution >= 4 is 54.4 Å². The molecule has 2 aromatic rings. The van der Waals surface area contributed by atoms with Gasteiger partial charge in [0.15, 0.2) is 0 Å². The predicted octanol–water partition coefficient (Wildman–Crippen LogP) is 3.13. The van der Waals surface area contributed by atoms with Crippen LogP contribution in [0.4, 0.5) is 9.80 Å². The van der Waals surface area contributed by atoms with Crippen LogP contribution in [0, 0.1) is 0 Å².